The molecule has 7 heteroatoms. The maximum atomic E-state index is 13.4. The van der Waals surface area contributed by atoms with Gasteiger partial charge in [-0.25, -0.2) is 13.8 Å². The van der Waals surface area contributed by atoms with Crippen LogP contribution in [0.15, 0.2) is 47.3 Å². The smallest absolute Gasteiger partial charge is 0.258 e. The number of hydrogen-bond donors (Lipinski definition) is 1. The van der Waals surface area contributed by atoms with Gasteiger partial charge in [0.15, 0.2) is 0 Å². The number of hydrogen-bond acceptors (Lipinski definition) is 3. The van der Waals surface area contributed by atoms with Crippen LogP contribution in [0.1, 0.15) is 30.0 Å². The average Bonchev–Trinajstić information content (AvgIpc) is 2.58. The molecule has 5 nitrogen and oxygen atoms in total. The van der Waals surface area contributed by atoms with Crippen molar-refractivity contribution in [1.82, 2.24) is 14.9 Å². The lowest BCUT2D eigenvalue weighted by Gasteiger charge is -2.26. The van der Waals surface area contributed by atoms with E-state index in [-0.39, 0.29) is 23.7 Å². The lowest BCUT2D eigenvalue weighted by molar-refractivity contribution is 0.0684. The molecule has 1 aromatic heterocycles. The number of nitrogens with zero attached hydrogens (tertiary/aromatic N) is 2. The summed E-state index contributed by atoms with van der Waals surface area (Å²) in [7, 11) is 0. The number of H-pyrrole nitrogens is 1. The van der Waals surface area contributed by atoms with Crippen molar-refractivity contribution in [3.05, 3.63) is 75.8 Å². The standard InChI is InChI=1S/C19H17F2N3O2/c1-11(2)24(19(26)12-7-13(20)9-14(21)8-12)10-17-22-16-6-4-3-5-15(16)18(25)23-17/h3-9,11H,10H2,1-2H3,(H,22,23,25). The lowest BCUT2D eigenvalue weighted by Crippen LogP contribution is -2.37. The third-order valence-corrected chi connectivity index (χ3v) is 3.98. The highest BCUT2D eigenvalue weighted by Crippen LogP contribution is 2.15. The van der Waals surface area contributed by atoms with E-state index < -0.39 is 17.5 Å². The molecule has 0 fully saturated rings. The van der Waals surface area contributed by atoms with Gasteiger partial charge in [0.2, 0.25) is 0 Å². The maximum Gasteiger partial charge on any atom is 0.258 e. The van der Waals surface area contributed by atoms with Crippen LogP contribution in [-0.4, -0.2) is 26.8 Å². The van der Waals surface area contributed by atoms with Crippen molar-refractivity contribution in [3.8, 4) is 0 Å². The molecule has 0 saturated carbocycles. The van der Waals surface area contributed by atoms with Crippen molar-refractivity contribution in [3.63, 3.8) is 0 Å². The Hall–Kier alpha value is -3.09. The molecule has 0 atom stereocenters. The van der Waals surface area contributed by atoms with E-state index in [1.54, 1.807) is 38.1 Å². The predicted octanol–water partition coefficient (Wildman–Crippen LogP) is 3.25. The van der Waals surface area contributed by atoms with E-state index >= 15 is 0 Å². The summed E-state index contributed by atoms with van der Waals surface area (Å²) in [5.41, 5.74) is 0.108. The molecular formula is C19H17F2N3O2. The number of nitrogens with one attached hydrogen (secondary N) is 1. The number of rotatable bonds is 4. The number of fused-ring (bicyclic) bond motifs is 1. The first-order valence-corrected chi connectivity index (χ1v) is 8.10. The Kier molecular flexibility index (Phi) is 4.79. The van der Waals surface area contributed by atoms with Gasteiger partial charge in [-0.15, -0.1) is 0 Å². The molecule has 0 radical (unpaired) electrons. The second kappa shape index (κ2) is 7.03. The highest BCUT2D eigenvalue weighted by molar-refractivity contribution is 5.94. The van der Waals surface area contributed by atoms with Gasteiger partial charge in [0.25, 0.3) is 11.5 Å². The monoisotopic (exact) mass is 357 g/mol. The number of carbonyl (C=O) groups excluding carboxylic acids is 1. The lowest BCUT2D eigenvalue weighted by atomic mass is 10.1. The number of carbonyl (C=O) groups is 1. The molecule has 134 valence electrons. The maximum absolute atomic E-state index is 13.4. The minimum Gasteiger partial charge on any atom is -0.329 e. The van der Waals surface area contributed by atoms with E-state index in [1.165, 1.54) is 4.90 Å². The summed E-state index contributed by atoms with van der Waals surface area (Å²) in [6.07, 6.45) is 0. The summed E-state index contributed by atoms with van der Waals surface area (Å²) in [6.45, 7) is 3.55. The van der Waals surface area contributed by atoms with E-state index in [1.807, 2.05) is 0 Å². The Bertz CT molecular complexity index is 1010. The molecular weight excluding hydrogens is 340 g/mol. The predicted molar refractivity (Wildman–Crippen MR) is 93.7 cm³/mol. The first-order chi connectivity index (χ1) is 12.3. The van der Waals surface area contributed by atoms with E-state index in [4.69, 9.17) is 0 Å². The zero-order chi connectivity index (χ0) is 18.8. The van der Waals surface area contributed by atoms with Gasteiger partial charge >= 0.3 is 0 Å². The topological polar surface area (TPSA) is 66.1 Å². The number of aromatic amines is 1. The Morgan fingerprint density at radius 2 is 1.81 bits per heavy atom. The largest absolute Gasteiger partial charge is 0.329 e. The molecule has 0 bridgehead atoms. The van der Waals surface area contributed by atoms with Gasteiger partial charge in [0.05, 0.1) is 17.4 Å². The van der Waals surface area contributed by atoms with E-state index in [0.29, 0.717) is 22.8 Å². The molecule has 2 aromatic carbocycles. The number of halogens is 2. The third kappa shape index (κ3) is 3.61. The molecule has 1 N–H and O–H groups in total. The molecule has 0 saturated heterocycles. The molecule has 3 rings (SSSR count). The third-order valence-electron chi connectivity index (χ3n) is 3.98. The van der Waals surface area contributed by atoms with Crippen molar-refractivity contribution in [2.75, 3.05) is 0 Å². The van der Waals surface area contributed by atoms with Crippen LogP contribution in [0.3, 0.4) is 0 Å². The SMILES string of the molecule is CC(C)N(Cc1nc2ccccc2c(=O)[nH]1)C(=O)c1cc(F)cc(F)c1. The van der Waals surface area contributed by atoms with Crippen LogP contribution in [0.2, 0.25) is 0 Å². The van der Waals surface area contributed by atoms with Gasteiger partial charge in [-0.3, -0.25) is 9.59 Å². The second-order valence-electron chi connectivity index (χ2n) is 6.21. The van der Waals surface area contributed by atoms with E-state index in [0.717, 1.165) is 12.1 Å². The Balaban J connectivity index is 1.96. The van der Waals surface area contributed by atoms with Gasteiger partial charge in [0.1, 0.15) is 17.5 Å². The van der Waals surface area contributed by atoms with Crippen molar-refractivity contribution >= 4 is 16.8 Å². The van der Waals surface area contributed by atoms with Crippen LogP contribution >= 0.6 is 0 Å². The fourth-order valence-corrected chi connectivity index (χ4v) is 2.70. The summed E-state index contributed by atoms with van der Waals surface area (Å²) >= 11 is 0. The number of benzene rings is 2. The summed E-state index contributed by atoms with van der Waals surface area (Å²) in [5, 5.41) is 0.450. The minimum absolute atomic E-state index is 0.00864. The van der Waals surface area contributed by atoms with Crippen molar-refractivity contribution in [1.29, 1.82) is 0 Å². The van der Waals surface area contributed by atoms with Gasteiger partial charge in [-0.1, -0.05) is 12.1 Å². The highest BCUT2D eigenvalue weighted by atomic mass is 19.1. The number of amides is 1. The number of para-hydroxylation sites is 1. The highest BCUT2D eigenvalue weighted by Gasteiger charge is 2.21. The van der Waals surface area contributed by atoms with Crippen LogP contribution in [0.25, 0.3) is 10.9 Å². The number of aromatic nitrogens is 2. The van der Waals surface area contributed by atoms with Gasteiger partial charge in [0, 0.05) is 17.7 Å². The van der Waals surface area contributed by atoms with Crippen LogP contribution in [-0.2, 0) is 6.54 Å². The first kappa shape index (κ1) is 17.7. The quantitative estimate of drug-likeness (QED) is 0.779. The molecule has 0 spiro atoms. The van der Waals surface area contributed by atoms with Crippen molar-refractivity contribution in [2.45, 2.75) is 26.4 Å². The summed E-state index contributed by atoms with van der Waals surface area (Å²) < 4.78 is 26.9. The van der Waals surface area contributed by atoms with Crippen LogP contribution in [0.5, 0.6) is 0 Å². The van der Waals surface area contributed by atoms with Gasteiger partial charge in [-0.05, 0) is 38.1 Å². The minimum atomic E-state index is -0.825. The summed E-state index contributed by atoms with van der Waals surface area (Å²) in [5.74, 6) is -1.90. The zero-order valence-corrected chi connectivity index (χ0v) is 14.3. The molecule has 0 aliphatic carbocycles. The first-order valence-electron chi connectivity index (χ1n) is 8.10. The van der Waals surface area contributed by atoms with E-state index in [2.05, 4.69) is 9.97 Å². The van der Waals surface area contributed by atoms with Crippen LogP contribution in [0, 0.1) is 11.6 Å². The fraction of sp³-hybridized carbons (Fsp3) is 0.211. The van der Waals surface area contributed by atoms with Crippen molar-refractivity contribution < 1.29 is 13.6 Å². The average molecular weight is 357 g/mol. The van der Waals surface area contributed by atoms with Gasteiger partial charge < -0.3 is 9.88 Å². The Morgan fingerprint density at radius 3 is 2.46 bits per heavy atom. The normalized spacial score (nSPS) is 11.1. The van der Waals surface area contributed by atoms with Crippen LogP contribution in [0.4, 0.5) is 8.78 Å². The molecule has 0 unspecified atom stereocenters. The summed E-state index contributed by atoms with van der Waals surface area (Å²) in [6, 6.07) is 9.27. The fourth-order valence-electron chi connectivity index (χ4n) is 2.70. The van der Waals surface area contributed by atoms with Gasteiger partial charge in [-0.2, -0.15) is 0 Å². The van der Waals surface area contributed by atoms with Crippen LogP contribution < -0.4 is 5.56 Å². The Labute approximate surface area is 148 Å². The van der Waals surface area contributed by atoms with E-state index in [9.17, 15) is 18.4 Å². The zero-order valence-electron chi connectivity index (χ0n) is 14.3. The van der Waals surface area contributed by atoms with Crippen molar-refractivity contribution in [2.24, 2.45) is 0 Å². The molecule has 26 heavy (non-hydrogen) atoms. The molecule has 0 aliphatic heterocycles. The Morgan fingerprint density at radius 1 is 1.15 bits per heavy atom. The molecule has 3 aromatic rings. The molecule has 1 heterocycles. The second-order valence-corrected chi connectivity index (χ2v) is 6.21. The molecule has 0 aliphatic rings. The summed E-state index contributed by atoms with van der Waals surface area (Å²) in [4.78, 5) is 33.3. The molecule has 1 amide bonds.